The largest absolute Gasteiger partial charge is 0.371 e. The summed E-state index contributed by atoms with van der Waals surface area (Å²) < 4.78 is 37.3. The standard InChI is InChI=1S/C15H22N2O4S/c1-2-22(18,19)17-7-5-15(12-17)8-14(11-21-15)20-10-13-4-3-6-16-9-13/h3-4,6,9,14H,2,5,7-8,10-12H2,1H3/t14-,15+/m1/s1. The van der Waals surface area contributed by atoms with Gasteiger partial charge in [0.25, 0.3) is 0 Å². The van der Waals surface area contributed by atoms with Gasteiger partial charge in [-0.25, -0.2) is 8.42 Å². The molecule has 1 aromatic heterocycles. The van der Waals surface area contributed by atoms with Crippen LogP contribution in [-0.2, 0) is 26.1 Å². The van der Waals surface area contributed by atoms with Crippen molar-refractivity contribution < 1.29 is 17.9 Å². The van der Waals surface area contributed by atoms with E-state index in [-0.39, 0.29) is 17.5 Å². The third-order valence-corrected chi connectivity index (χ3v) is 6.25. The lowest BCUT2D eigenvalue weighted by Gasteiger charge is -2.23. The number of nitrogens with zero attached hydrogens (tertiary/aromatic N) is 2. The van der Waals surface area contributed by atoms with Crippen LogP contribution in [0, 0.1) is 0 Å². The van der Waals surface area contributed by atoms with Crippen LogP contribution in [0.2, 0.25) is 0 Å². The van der Waals surface area contributed by atoms with Gasteiger partial charge in [-0.1, -0.05) is 6.07 Å². The predicted molar refractivity (Wildman–Crippen MR) is 81.8 cm³/mol. The molecule has 0 radical (unpaired) electrons. The topological polar surface area (TPSA) is 68.7 Å². The molecule has 0 aliphatic carbocycles. The number of sulfonamides is 1. The van der Waals surface area contributed by atoms with Crippen LogP contribution in [0.3, 0.4) is 0 Å². The van der Waals surface area contributed by atoms with Crippen LogP contribution < -0.4 is 0 Å². The van der Waals surface area contributed by atoms with Crippen LogP contribution in [0.5, 0.6) is 0 Å². The number of rotatable bonds is 5. The van der Waals surface area contributed by atoms with E-state index in [1.54, 1.807) is 23.6 Å². The first kappa shape index (κ1) is 15.9. The van der Waals surface area contributed by atoms with E-state index >= 15 is 0 Å². The Morgan fingerprint density at radius 1 is 1.55 bits per heavy atom. The molecule has 2 saturated heterocycles. The van der Waals surface area contributed by atoms with Crippen molar-refractivity contribution in [1.82, 2.24) is 9.29 Å². The molecule has 0 bridgehead atoms. The molecule has 2 aliphatic rings. The highest BCUT2D eigenvalue weighted by molar-refractivity contribution is 7.89. The first-order valence-corrected chi connectivity index (χ1v) is 9.26. The predicted octanol–water partition coefficient (Wildman–Crippen LogP) is 1.18. The maximum Gasteiger partial charge on any atom is 0.213 e. The number of hydrogen-bond acceptors (Lipinski definition) is 5. The minimum Gasteiger partial charge on any atom is -0.371 e. The maximum atomic E-state index is 12.0. The van der Waals surface area contributed by atoms with Gasteiger partial charge in [-0.2, -0.15) is 4.31 Å². The van der Waals surface area contributed by atoms with Crippen molar-refractivity contribution in [2.75, 3.05) is 25.4 Å². The smallest absolute Gasteiger partial charge is 0.213 e. The van der Waals surface area contributed by atoms with Gasteiger partial charge in [0.1, 0.15) is 0 Å². The molecule has 1 aromatic rings. The number of aromatic nitrogens is 1. The van der Waals surface area contributed by atoms with Gasteiger partial charge in [-0.3, -0.25) is 4.98 Å². The van der Waals surface area contributed by atoms with Crippen LogP contribution in [-0.4, -0.2) is 54.9 Å². The molecule has 0 unspecified atom stereocenters. The van der Waals surface area contributed by atoms with Crippen molar-refractivity contribution in [2.24, 2.45) is 0 Å². The average molecular weight is 326 g/mol. The second-order valence-electron chi connectivity index (χ2n) is 5.98. The lowest BCUT2D eigenvalue weighted by Crippen LogP contribution is -2.36. The molecular formula is C15H22N2O4S. The number of pyridine rings is 1. The van der Waals surface area contributed by atoms with Crippen molar-refractivity contribution in [1.29, 1.82) is 0 Å². The molecule has 0 amide bonds. The van der Waals surface area contributed by atoms with Gasteiger partial charge in [-0.15, -0.1) is 0 Å². The third kappa shape index (κ3) is 3.32. The molecule has 3 heterocycles. The van der Waals surface area contributed by atoms with Crippen LogP contribution in [0.1, 0.15) is 25.3 Å². The molecule has 2 atom stereocenters. The summed E-state index contributed by atoms with van der Waals surface area (Å²) in [4.78, 5) is 4.06. The molecule has 2 aliphatic heterocycles. The van der Waals surface area contributed by atoms with Gasteiger partial charge < -0.3 is 9.47 Å². The van der Waals surface area contributed by atoms with Crippen molar-refractivity contribution in [2.45, 2.75) is 38.1 Å². The van der Waals surface area contributed by atoms with Gasteiger partial charge >= 0.3 is 0 Å². The van der Waals surface area contributed by atoms with E-state index in [2.05, 4.69) is 4.98 Å². The highest BCUT2D eigenvalue weighted by Crippen LogP contribution is 2.37. The molecule has 7 heteroatoms. The Labute approximate surface area is 131 Å². The minimum atomic E-state index is -3.13. The quantitative estimate of drug-likeness (QED) is 0.813. The monoisotopic (exact) mass is 326 g/mol. The third-order valence-electron chi connectivity index (χ3n) is 4.42. The number of hydrogen-bond donors (Lipinski definition) is 0. The Morgan fingerprint density at radius 3 is 3.14 bits per heavy atom. The van der Waals surface area contributed by atoms with Crippen LogP contribution >= 0.6 is 0 Å². The molecule has 2 fully saturated rings. The van der Waals surface area contributed by atoms with Crippen molar-refractivity contribution in [3.05, 3.63) is 30.1 Å². The summed E-state index contributed by atoms with van der Waals surface area (Å²) >= 11 is 0. The second-order valence-corrected chi connectivity index (χ2v) is 8.23. The van der Waals surface area contributed by atoms with E-state index in [0.29, 0.717) is 26.3 Å². The Kier molecular flexibility index (Phi) is 4.49. The van der Waals surface area contributed by atoms with Crippen molar-refractivity contribution in [3.8, 4) is 0 Å². The maximum absolute atomic E-state index is 12.0. The first-order valence-electron chi connectivity index (χ1n) is 7.65. The van der Waals surface area contributed by atoms with Gasteiger partial charge in [-0.05, 0) is 25.0 Å². The summed E-state index contributed by atoms with van der Waals surface area (Å²) in [5, 5.41) is 0. The van der Waals surface area contributed by atoms with Crippen molar-refractivity contribution in [3.63, 3.8) is 0 Å². The van der Waals surface area contributed by atoms with E-state index in [0.717, 1.165) is 18.4 Å². The molecule has 3 rings (SSSR count). The summed E-state index contributed by atoms with van der Waals surface area (Å²) in [7, 11) is -3.13. The van der Waals surface area contributed by atoms with Gasteiger partial charge in [0, 0.05) is 31.9 Å². The summed E-state index contributed by atoms with van der Waals surface area (Å²) in [5.74, 6) is 0.143. The summed E-state index contributed by atoms with van der Waals surface area (Å²) in [6.07, 6.45) is 5.04. The van der Waals surface area contributed by atoms with Crippen molar-refractivity contribution >= 4 is 10.0 Å². The van der Waals surface area contributed by atoms with Crippen LogP contribution in [0.15, 0.2) is 24.5 Å². The Hall–Kier alpha value is -1.02. The lowest BCUT2D eigenvalue weighted by molar-refractivity contribution is 0.00271. The zero-order valence-electron chi connectivity index (χ0n) is 12.8. The van der Waals surface area contributed by atoms with Gasteiger partial charge in [0.2, 0.25) is 10.0 Å². The fourth-order valence-electron chi connectivity index (χ4n) is 3.12. The summed E-state index contributed by atoms with van der Waals surface area (Å²) in [5.41, 5.74) is 0.673. The molecule has 0 saturated carbocycles. The molecule has 6 nitrogen and oxygen atoms in total. The van der Waals surface area contributed by atoms with E-state index in [1.165, 1.54) is 0 Å². The highest BCUT2D eigenvalue weighted by Gasteiger charge is 2.48. The van der Waals surface area contributed by atoms with Crippen LogP contribution in [0.4, 0.5) is 0 Å². The van der Waals surface area contributed by atoms with Gasteiger partial charge in [0.15, 0.2) is 0 Å². The van der Waals surface area contributed by atoms with E-state index in [9.17, 15) is 8.42 Å². The molecule has 1 spiro atoms. The first-order chi connectivity index (χ1) is 10.5. The fourth-order valence-corrected chi connectivity index (χ4v) is 4.29. The van der Waals surface area contributed by atoms with Gasteiger partial charge in [0.05, 0.1) is 30.7 Å². The average Bonchev–Trinajstić information content (AvgIpc) is 3.14. The molecule has 0 aromatic carbocycles. The minimum absolute atomic E-state index is 0.0180. The van der Waals surface area contributed by atoms with E-state index < -0.39 is 10.0 Å². The zero-order chi connectivity index (χ0) is 15.6. The zero-order valence-corrected chi connectivity index (χ0v) is 13.6. The van der Waals surface area contributed by atoms with Crippen LogP contribution in [0.25, 0.3) is 0 Å². The Morgan fingerprint density at radius 2 is 2.41 bits per heavy atom. The summed E-state index contributed by atoms with van der Waals surface area (Å²) in [6.45, 7) is 3.71. The number of ether oxygens (including phenoxy) is 2. The lowest BCUT2D eigenvalue weighted by atomic mass is 9.98. The fraction of sp³-hybridized carbons (Fsp3) is 0.667. The Balaban J connectivity index is 1.54. The Bertz CT molecular complexity index is 607. The normalized spacial score (nSPS) is 29.4. The SMILES string of the molecule is CCS(=O)(=O)N1CC[C@]2(C[C@@H](OCc3cccnc3)CO2)C1. The van der Waals surface area contributed by atoms with E-state index in [4.69, 9.17) is 9.47 Å². The van der Waals surface area contributed by atoms with E-state index in [1.807, 2.05) is 12.1 Å². The second kappa shape index (κ2) is 6.23. The molecule has 22 heavy (non-hydrogen) atoms. The summed E-state index contributed by atoms with van der Waals surface area (Å²) in [6, 6.07) is 3.86. The molecule has 0 N–H and O–H groups in total. The highest BCUT2D eigenvalue weighted by atomic mass is 32.2. The molecular weight excluding hydrogens is 304 g/mol. The molecule has 122 valence electrons.